The van der Waals surface area contributed by atoms with Gasteiger partial charge in [0.05, 0.1) is 18.6 Å². The van der Waals surface area contributed by atoms with Crippen molar-refractivity contribution in [3.8, 4) is 23.7 Å². The summed E-state index contributed by atoms with van der Waals surface area (Å²) < 4.78 is 5.41. The van der Waals surface area contributed by atoms with Crippen LogP contribution in [0.5, 0.6) is 0 Å². The molecule has 2 nitrogen and oxygen atoms in total. The van der Waals surface area contributed by atoms with Gasteiger partial charge < -0.3 is 9.84 Å². The summed E-state index contributed by atoms with van der Waals surface area (Å²) in [6.45, 7) is 2.55. The van der Waals surface area contributed by atoms with Gasteiger partial charge in [0, 0.05) is 13.0 Å². The molecule has 1 aliphatic rings. The quantitative estimate of drug-likeness (QED) is 0.635. The van der Waals surface area contributed by atoms with E-state index in [0.717, 1.165) is 19.4 Å². The summed E-state index contributed by atoms with van der Waals surface area (Å²) in [4.78, 5) is 0. The van der Waals surface area contributed by atoms with Gasteiger partial charge in [-0.2, -0.15) is 0 Å². The van der Waals surface area contributed by atoms with Gasteiger partial charge in [0.15, 0.2) is 0 Å². The summed E-state index contributed by atoms with van der Waals surface area (Å²) in [5, 5.41) is 9.55. The van der Waals surface area contributed by atoms with Crippen molar-refractivity contribution in [2.75, 3.05) is 6.61 Å². The molecular weight excluding hydrogens is 176 g/mol. The molecule has 0 bridgehead atoms. The Bertz CT molecular complexity index is 274. The van der Waals surface area contributed by atoms with Crippen LogP contribution in [0.2, 0.25) is 0 Å². The fraction of sp³-hybridized carbons (Fsp3) is 0.667. The third-order valence-electron chi connectivity index (χ3n) is 2.19. The van der Waals surface area contributed by atoms with Gasteiger partial charge in [0.1, 0.15) is 0 Å². The fourth-order valence-electron chi connectivity index (χ4n) is 1.39. The molecule has 0 unspecified atom stereocenters. The molecule has 0 spiro atoms. The third kappa shape index (κ3) is 3.83. The Hall–Kier alpha value is -0.960. The molecule has 2 atom stereocenters. The van der Waals surface area contributed by atoms with E-state index in [4.69, 9.17) is 4.74 Å². The molecule has 2 heteroatoms. The molecule has 0 aromatic rings. The second-order valence-corrected chi connectivity index (χ2v) is 3.28. The van der Waals surface area contributed by atoms with Crippen molar-refractivity contribution < 1.29 is 9.84 Å². The van der Waals surface area contributed by atoms with Crippen LogP contribution in [-0.2, 0) is 4.74 Å². The van der Waals surface area contributed by atoms with E-state index >= 15 is 0 Å². The normalized spacial score (nSPS) is 25.6. The van der Waals surface area contributed by atoms with Crippen LogP contribution in [0.4, 0.5) is 0 Å². The summed E-state index contributed by atoms with van der Waals surface area (Å²) in [7, 11) is 0. The number of aliphatic hydroxyl groups is 1. The van der Waals surface area contributed by atoms with Crippen LogP contribution in [0.1, 0.15) is 32.6 Å². The minimum atomic E-state index is -0.338. The molecule has 0 amide bonds. The second-order valence-electron chi connectivity index (χ2n) is 3.28. The van der Waals surface area contributed by atoms with Gasteiger partial charge in [-0.25, -0.2) is 0 Å². The van der Waals surface area contributed by atoms with Crippen LogP contribution >= 0.6 is 0 Å². The first kappa shape index (κ1) is 11.1. The first-order valence-corrected chi connectivity index (χ1v) is 4.99. The maximum atomic E-state index is 9.55. The zero-order valence-corrected chi connectivity index (χ0v) is 8.55. The third-order valence-corrected chi connectivity index (χ3v) is 2.19. The van der Waals surface area contributed by atoms with Crippen molar-refractivity contribution in [1.82, 2.24) is 0 Å². The summed E-state index contributed by atoms with van der Waals surface area (Å²) in [5.74, 6) is 11.6. The highest BCUT2D eigenvalue weighted by atomic mass is 16.5. The van der Waals surface area contributed by atoms with E-state index in [1.807, 2.05) is 0 Å². The van der Waals surface area contributed by atoms with Crippen LogP contribution < -0.4 is 0 Å². The summed E-state index contributed by atoms with van der Waals surface area (Å²) in [6.07, 6.45) is 2.58. The second kappa shape index (κ2) is 6.49. The van der Waals surface area contributed by atoms with Crippen molar-refractivity contribution in [1.29, 1.82) is 0 Å². The molecule has 1 saturated heterocycles. The lowest BCUT2D eigenvalue weighted by Crippen LogP contribution is -2.33. The van der Waals surface area contributed by atoms with Crippen LogP contribution in [0.25, 0.3) is 0 Å². The van der Waals surface area contributed by atoms with E-state index in [9.17, 15) is 5.11 Å². The lowest BCUT2D eigenvalue weighted by molar-refractivity contribution is -0.0703. The maximum Gasteiger partial charge on any atom is 0.0942 e. The Morgan fingerprint density at radius 2 is 2.21 bits per heavy atom. The molecule has 1 fully saturated rings. The average Bonchev–Trinajstić information content (AvgIpc) is 2.20. The molecule has 1 rings (SSSR count). The van der Waals surface area contributed by atoms with E-state index in [2.05, 4.69) is 23.7 Å². The molecule has 0 aliphatic carbocycles. The Morgan fingerprint density at radius 3 is 2.93 bits per heavy atom. The molecule has 0 aromatic carbocycles. The van der Waals surface area contributed by atoms with Crippen molar-refractivity contribution in [2.24, 2.45) is 0 Å². The van der Waals surface area contributed by atoms with Crippen LogP contribution in [0.3, 0.4) is 0 Å². The minimum Gasteiger partial charge on any atom is -0.390 e. The van der Waals surface area contributed by atoms with Crippen molar-refractivity contribution in [3.63, 3.8) is 0 Å². The van der Waals surface area contributed by atoms with E-state index < -0.39 is 0 Å². The minimum absolute atomic E-state index is 0.0918. The van der Waals surface area contributed by atoms with Crippen LogP contribution in [0.15, 0.2) is 0 Å². The average molecular weight is 192 g/mol. The summed E-state index contributed by atoms with van der Waals surface area (Å²) in [6, 6.07) is 0. The van der Waals surface area contributed by atoms with Crippen molar-refractivity contribution in [3.05, 3.63) is 0 Å². The van der Waals surface area contributed by atoms with E-state index in [-0.39, 0.29) is 12.2 Å². The predicted molar refractivity (Wildman–Crippen MR) is 55.4 cm³/mol. The fourth-order valence-corrected chi connectivity index (χ4v) is 1.39. The van der Waals surface area contributed by atoms with Crippen molar-refractivity contribution in [2.45, 2.75) is 44.8 Å². The first-order valence-electron chi connectivity index (χ1n) is 4.99. The van der Waals surface area contributed by atoms with Gasteiger partial charge in [0.25, 0.3) is 0 Å². The highest BCUT2D eigenvalue weighted by Gasteiger charge is 2.22. The summed E-state index contributed by atoms with van der Waals surface area (Å²) >= 11 is 0. The number of hydrogen-bond acceptors (Lipinski definition) is 2. The van der Waals surface area contributed by atoms with Crippen LogP contribution in [0, 0.1) is 23.7 Å². The molecule has 76 valence electrons. The molecule has 1 heterocycles. The highest BCUT2D eigenvalue weighted by molar-refractivity contribution is 5.11. The van der Waals surface area contributed by atoms with Gasteiger partial charge >= 0.3 is 0 Å². The Balaban J connectivity index is 2.26. The molecule has 0 saturated carbocycles. The van der Waals surface area contributed by atoms with Gasteiger partial charge in [-0.1, -0.05) is 17.8 Å². The molecule has 14 heavy (non-hydrogen) atoms. The predicted octanol–water partition coefficient (Wildman–Crippen LogP) is 1.33. The number of hydrogen-bond donors (Lipinski definition) is 1. The molecule has 1 aliphatic heterocycles. The largest absolute Gasteiger partial charge is 0.390 e. The smallest absolute Gasteiger partial charge is 0.0942 e. The maximum absolute atomic E-state index is 9.55. The molecule has 0 radical (unpaired) electrons. The lowest BCUT2D eigenvalue weighted by atomic mass is 10.0. The van der Waals surface area contributed by atoms with Gasteiger partial charge in [-0.05, 0) is 19.8 Å². The number of rotatable bonds is 1. The molecule has 0 aromatic heterocycles. The monoisotopic (exact) mass is 192 g/mol. The Morgan fingerprint density at radius 1 is 1.36 bits per heavy atom. The number of aliphatic hydroxyl groups excluding tert-OH is 1. The van der Waals surface area contributed by atoms with Crippen molar-refractivity contribution >= 4 is 0 Å². The first-order chi connectivity index (χ1) is 6.84. The molecular formula is C12H16O2. The Labute approximate surface area is 85.7 Å². The van der Waals surface area contributed by atoms with E-state index in [1.165, 1.54) is 0 Å². The van der Waals surface area contributed by atoms with Gasteiger partial charge in [-0.15, -0.1) is 5.92 Å². The van der Waals surface area contributed by atoms with Gasteiger partial charge in [0.2, 0.25) is 0 Å². The van der Waals surface area contributed by atoms with Crippen LogP contribution in [-0.4, -0.2) is 23.9 Å². The zero-order valence-electron chi connectivity index (χ0n) is 8.55. The standard InChI is InChI=1S/C12H16O2/c1-2-3-4-5-6-9-12-11(13)8-7-10-14-12/h11-13H,4,7-10H2,1H3/t11-,12+/m1/s1. The number of ether oxygens (including phenoxy) is 1. The lowest BCUT2D eigenvalue weighted by Gasteiger charge is -2.26. The highest BCUT2D eigenvalue weighted by Crippen LogP contribution is 2.15. The summed E-state index contributed by atoms with van der Waals surface area (Å²) in [5.41, 5.74) is 0. The topological polar surface area (TPSA) is 29.5 Å². The Kier molecular flexibility index (Phi) is 5.15. The van der Waals surface area contributed by atoms with E-state index in [0.29, 0.717) is 12.8 Å². The van der Waals surface area contributed by atoms with Gasteiger partial charge in [-0.3, -0.25) is 0 Å². The zero-order chi connectivity index (χ0) is 10.2. The SMILES string of the molecule is CC#CCC#CC[C@@H]1OCCC[C@H]1O. The van der Waals surface area contributed by atoms with E-state index in [1.54, 1.807) is 6.92 Å². The molecule has 1 N–H and O–H groups in total.